The van der Waals surface area contributed by atoms with Crippen LogP contribution in [0.15, 0.2) is 53.3 Å². The molecule has 29 heavy (non-hydrogen) atoms. The smallest absolute Gasteiger partial charge is 0.274 e. The molecule has 0 saturated heterocycles. The first-order valence-corrected chi connectivity index (χ1v) is 9.96. The molecule has 0 aliphatic rings. The second-order valence-electron chi connectivity index (χ2n) is 7.25. The van der Waals surface area contributed by atoms with Gasteiger partial charge in [-0.15, -0.1) is 0 Å². The van der Waals surface area contributed by atoms with E-state index in [0.29, 0.717) is 29.6 Å². The third-order valence-corrected chi connectivity index (χ3v) is 5.02. The van der Waals surface area contributed by atoms with Gasteiger partial charge in [-0.25, -0.2) is 9.07 Å². The van der Waals surface area contributed by atoms with E-state index in [-0.39, 0.29) is 23.7 Å². The van der Waals surface area contributed by atoms with Gasteiger partial charge in [0.05, 0.1) is 17.5 Å². The Morgan fingerprint density at radius 1 is 1.07 bits per heavy atom. The predicted molar refractivity (Wildman–Crippen MR) is 112 cm³/mol. The largest absolute Gasteiger partial charge is 0.338 e. The van der Waals surface area contributed by atoms with Gasteiger partial charge in [-0.1, -0.05) is 50.1 Å². The summed E-state index contributed by atoms with van der Waals surface area (Å²) in [6.07, 6.45) is 3.12. The van der Waals surface area contributed by atoms with E-state index in [9.17, 15) is 14.0 Å². The van der Waals surface area contributed by atoms with Crippen LogP contribution >= 0.6 is 0 Å². The Morgan fingerprint density at radius 3 is 2.45 bits per heavy atom. The average molecular weight is 395 g/mol. The Kier molecular flexibility index (Phi) is 6.75. The van der Waals surface area contributed by atoms with Crippen LogP contribution in [-0.4, -0.2) is 27.1 Å². The molecule has 2 aromatic carbocycles. The fraction of sp³-hybridized carbons (Fsp3) is 0.348. The standard InChI is InChI=1S/C23H26FN3O2/c1-3-4-7-14-27(16-17-10-12-18(24)13-11-17)22(28)15-21-19-8-5-6-9-20(19)23(29)26(2)25-21/h5-6,8-13H,3-4,7,14-16H2,1-2H3. The van der Waals surface area contributed by atoms with E-state index in [4.69, 9.17) is 0 Å². The summed E-state index contributed by atoms with van der Waals surface area (Å²) in [5.41, 5.74) is 1.30. The zero-order chi connectivity index (χ0) is 20.8. The molecule has 0 atom stereocenters. The lowest BCUT2D eigenvalue weighted by molar-refractivity contribution is -0.131. The molecule has 0 fully saturated rings. The van der Waals surface area contributed by atoms with Gasteiger partial charge in [0, 0.05) is 25.5 Å². The Morgan fingerprint density at radius 2 is 1.76 bits per heavy atom. The van der Waals surface area contributed by atoms with Crippen molar-refractivity contribution in [3.05, 3.63) is 76.0 Å². The number of amides is 1. The minimum Gasteiger partial charge on any atom is -0.338 e. The van der Waals surface area contributed by atoms with Crippen LogP contribution in [0, 0.1) is 5.82 Å². The van der Waals surface area contributed by atoms with E-state index in [1.165, 1.54) is 16.8 Å². The van der Waals surface area contributed by atoms with Crippen LogP contribution in [0.1, 0.15) is 37.4 Å². The molecular formula is C23H26FN3O2. The van der Waals surface area contributed by atoms with Gasteiger partial charge in [0.1, 0.15) is 5.82 Å². The Balaban J connectivity index is 1.86. The van der Waals surface area contributed by atoms with E-state index >= 15 is 0 Å². The quantitative estimate of drug-likeness (QED) is 0.545. The lowest BCUT2D eigenvalue weighted by atomic mass is 10.1. The van der Waals surface area contributed by atoms with Gasteiger partial charge in [0.2, 0.25) is 5.91 Å². The van der Waals surface area contributed by atoms with Gasteiger partial charge in [-0.05, 0) is 30.2 Å². The molecule has 1 amide bonds. The van der Waals surface area contributed by atoms with E-state index in [2.05, 4.69) is 12.0 Å². The maximum atomic E-state index is 13.2. The predicted octanol–water partition coefficient (Wildman–Crippen LogP) is 3.83. The summed E-state index contributed by atoms with van der Waals surface area (Å²) in [6, 6.07) is 13.5. The van der Waals surface area contributed by atoms with Crippen molar-refractivity contribution in [1.29, 1.82) is 0 Å². The second kappa shape index (κ2) is 9.45. The molecule has 0 N–H and O–H groups in total. The minimum atomic E-state index is -0.293. The molecule has 3 aromatic rings. The first-order valence-electron chi connectivity index (χ1n) is 9.96. The maximum Gasteiger partial charge on any atom is 0.274 e. The molecule has 0 spiro atoms. The van der Waals surface area contributed by atoms with Crippen LogP contribution in [0.5, 0.6) is 0 Å². The summed E-state index contributed by atoms with van der Waals surface area (Å²) in [7, 11) is 1.60. The fourth-order valence-corrected chi connectivity index (χ4v) is 3.42. The Labute approximate surface area is 169 Å². The van der Waals surface area contributed by atoms with Crippen LogP contribution in [0.3, 0.4) is 0 Å². The molecule has 0 bridgehead atoms. The van der Waals surface area contributed by atoms with Crippen molar-refractivity contribution < 1.29 is 9.18 Å². The van der Waals surface area contributed by atoms with Crippen molar-refractivity contribution in [2.45, 2.75) is 39.2 Å². The second-order valence-corrected chi connectivity index (χ2v) is 7.25. The molecule has 5 nitrogen and oxygen atoms in total. The van der Waals surface area contributed by atoms with Gasteiger partial charge in [-0.2, -0.15) is 5.10 Å². The molecule has 6 heteroatoms. The van der Waals surface area contributed by atoms with Crippen molar-refractivity contribution in [1.82, 2.24) is 14.7 Å². The first-order chi connectivity index (χ1) is 14.0. The van der Waals surface area contributed by atoms with E-state index < -0.39 is 0 Å². The third kappa shape index (κ3) is 5.08. The highest BCUT2D eigenvalue weighted by molar-refractivity contribution is 5.88. The number of fused-ring (bicyclic) bond motifs is 1. The SMILES string of the molecule is CCCCCN(Cc1ccc(F)cc1)C(=O)Cc1nn(C)c(=O)c2ccccc12. The van der Waals surface area contributed by atoms with Crippen molar-refractivity contribution in [3.8, 4) is 0 Å². The number of carbonyl (C=O) groups is 1. The van der Waals surface area contributed by atoms with Crippen molar-refractivity contribution in [2.75, 3.05) is 6.54 Å². The summed E-state index contributed by atoms with van der Waals surface area (Å²) in [4.78, 5) is 27.3. The normalized spacial score (nSPS) is 11.0. The summed E-state index contributed by atoms with van der Waals surface area (Å²) >= 11 is 0. The lowest BCUT2D eigenvalue weighted by Crippen LogP contribution is -2.34. The van der Waals surface area contributed by atoms with Gasteiger partial charge < -0.3 is 4.90 Å². The number of nitrogens with zero attached hydrogens (tertiary/aromatic N) is 3. The van der Waals surface area contributed by atoms with Crippen LogP contribution in [-0.2, 0) is 24.8 Å². The van der Waals surface area contributed by atoms with Crippen molar-refractivity contribution in [2.24, 2.45) is 7.05 Å². The van der Waals surface area contributed by atoms with E-state index in [1.807, 2.05) is 12.1 Å². The number of rotatable bonds is 8. The zero-order valence-electron chi connectivity index (χ0n) is 16.9. The van der Waals surface area contributed by atoms with Crippen LogP contribution in [0.2, 0.25) is 0 Å². The number of aryl methyl sites for hydroxylation is 1. The summed E-state index contributed by atoms with van der Waals surface area (Å²) in [6.45, 7) is 3.17. The van der Waals surface area contributed by atoms with E-state index in [0.717, 1.165) is 24.8 Å². The zero-order valence-corrected chi connectivity index (χ0v) is 16.9. The highest BCUT2D eigenvalue weighted by atomic mass is 19.1. The van der Waals surface area contributed by atoms with Crippen molar-refractivity contribution in [3.63, 3.8) is 0 Å². The molecule has 0 aliphatic heterocycles. The minimum absolute atomic E-state index is 0.0540. The molecule has 0 saturated carbocycles. The van der Waals surface area contributed by atoms with Gasteiger partial charge in [0.25, 0.3) is 5.56 Å². The number of aromatic nitrogens is 2. The van der Waals surface area contributed by atoms with Crippen LogP contribution in [0.25, 0.3) is 10.8 Å². The molecular weight excluding hydrogens is 369 g/mol. The summed E-state index contributed by atoms with van der Waals surface area (Å²) < 4.78 is 14.5. The molecule has 0 radical (unpaired) electrons. The lowest BCUT2D eigenvalue weighted by Gasteiger charge is -2.23. The Hall–Kier alpha value is -3.02. The number of hydrogen-bond donors (Lipinski definition) is 0. The van der Waals surface area contributed by atoms with Crippen LogP contribution < -0.4 is 5.56 Å². The third-order valence-electron chi connectivity index (χ3n) is 5.02. The molecule has 152 valence electrons. The highest BCUT2D eigenvalue weighted by Gasteiger charge is 2.18. The highest BCUT2D eigenvalue weighted by Crippen LogP contribution is 2.16. The maximum absolute atomic E-state index is 13.2. The van der Waals surface area contributed by atoms with Crippen LogP contribution in [0.4, 0.5) is 4.39 Å². The number of halogens is 1. The summed E-state index contributed by atoms with van der Waals surface area (Å²) in [5.74, 6) is -0.347. The topological polar surface area (TPSA) is 55.2 Å². The molecule has 1 heterocycles. The molecule has 1 aromatic heterocycles. The van der Waals surface area contributed by atoms with Gasteiger partial charge in [0.15, 0.2) is 0 Å². The van der Waals surface area contributed by atoms with Gasteiger partial charge in [-0.3, -0.25) is 9.59 Å². The van der Waals surface area contributed by atoms with Crippen molar-refractivity contribution >= 4 is 16.7 Å². The van der Waals surface area contributed by atoms with Gasteiger partial charge >= 0.3 is 0 Å². The number of hydrogen-bond acceptors (Lipinski definition) is 3. The van der Waals surface area contributed by atoms with E-state index in [1.54, 1.807) is 36.2 Å². The Bertz CT molecular complexity index is 1040. The fourth-order valence-electron chi connectivity index (χ4n) is 3.42. The monoisotopic (exact) mass is 395 g/mol. The molecule has 3 rings (SSSR count). The first kappa shape index (κ1) is 20.7. The number of carbonyl (C=O) groups excluding carboxylic acids is 1. The average Bonchev–Trinajstić information content (AvgIpc) is 2.72. The number of unbranched alkanes of at least 4 members (excludes halogenated alkanes) is 2. The summed E-state index contributed by atoms with van der Waals surface area (Å²) in [5, 5.41) is 5.61. The number of benzene rings is 2. The molecule has 0 unspecified atom stereocenters. The molecule has 0 aliphatic carbocycles.